The highest BCUT2D eigenvalue weighted by atomic mass is 16.5. The average Bonchev–Trinajstić information content (AvgIpc) is 2.93. The SMILES string of the molecule is CC(=O)OC1CCC2(C)C3CCC4(C)C(OC(C)=O)CCC4C3CC(O)[C@]2(O)C1. The Morgan fingerprint density at radius 2 is 1.62 bits per heavy atom. The van der Waals surface area contributed by atoms with Crippen LogP contribution in [0.1, 0.15) is 79.1 Å². The van der Waals surface area contributed by atoms with Gasteiger partial charge in [0.15, 0.2) is 0 Å². The Kier molecular flexibility index (Phi) is 5.05. The minimum Gasteiger partial charge on any atom is -0.462 e. The number of carbonyl (C=O) groups excluding carboxylic acids is 2. The first-order valence-electron chi connectivity index (χ1n) is 11.3. The lowest BCUT2D eigenvalue weighted by Gasteiger charge is -2.65. The number of ether oxygens (including phenoxy) is 2. The standard InChI is InChI=1S/C23H36O6/c1-13(24)28-15-7-10-22(4)18-8-9-21(3)17(5-6-20(21)29-14(2)25)16(18)11-19(26)23(22,27)12-15/h15-20,26-27H,5-12H2,1-4H3/t15?,16?,17?,18?,19?,20?,21?,22?,23-/m1/s1. The van der Waals surface area contributed by atoms with Gasteiger partial charge in [0.05, 0.1) is 11.7 Å². The maximum Gasteiger partial charge on any atom is 0.302 e. The van der Waals surface area contributed by atoms with Crippen LogP contribution in [-0.4, -0.2) is 46.1 Å². The smallest absolute Gasteiger partial charge is 0.302 e. The van der Waals surface area contributed by atoms with Gasteiger partial charge in [0, 0.05) is 31.1 Å². The number of fused-ring (bicyclic) bond motifs is 5. The van der Waals surface area contributed by atoms with Gasteiger partial charge in [-0.1, -0.05) is 13.8 Å². The molecule has 0 spiro atoms. The molecule has 0 aromatic heterocycles. The van der Waals surface area contributed by atoms with Gasteiger partial charge in [0.25, 0.3) is 0 Å². The third kappa shape index (κ3) is 3.04. The monoisotopic (exact) mass is 408 g/mol. The van der Waals surface area contributed by atoms with E-state index in [4.69, 9.17) is 9.47 Å². The second kappa shape index (κ2) is 6.94. The highest BCUT2D eigenvalue weighted by Gasteiger charge is 2.68. The highest BCUT2D eigenvalue weighted by Crippen LogP contribution is 2.67. The van der Waals surface area contributed by atoms with Gasteiger partial charge in [-0.25, -0.2) is 0 Å². The summed E-state index contributed by atoms with van der Waals surface area (Å²) in [6.07, 6.45) is 4.99. The zero-order valence-corrected chi connectivity index (χ0v) is 18.1. The van der Waals surface area contributed by atoms with E-state index >= 15 is 0 Å². The van der Waals surface area contributed by atoms with Crippen LogP contribution in [-0.2, 0) is 19.1 Å². The topological polar surface area (TPSA) is 93.1 Å². The van der Waals surface area contributed by atoms with Crippen LogP contribution in [0, 0.1) is 28.6 Å². The summed E-state index contributed by atoms with van der Waals surface area (Å²) in [4.78, 5) is 23.0. The quantitative estimate of drug-likeness (QED) is 0.683. The van der Waals surface area contributed by atoms with Crippen molar-refractivity contribution in [3.8, 4) is 0 Å². The molecule has 0 saturated heterocycles. The molecular formula is C23H36O6. The fourth-order valence-electron chi connectivity index (χ4n) is 7.92. The van der Waals surface area contributed by atoms with Gasteiger partial charge in [0.1, 0.15) is 12.2 Å². The molecule has 0 bridgehead atoms. The molecular weight excluding hydrogens is 372 g/mol. The molecule has 8 unspecified atom stereocenters. The van der Waals surface area contributed by atoms with Crippen LogP contribution in [0.5, 0.6) is 0 Å². The molecule has 0 aliphatic heterocycles. The average molecular weight is 409 g/mol. The van der Waals surface area contributed by atoms with E-state index in [2.05, 4.69) is 13.8 Å². The number of aliphatic hydroxyl groups excluding tert-OH is 1. The molecule has 0 amide bonds. The van der Waals surface area contributed by atoms with Crippen molar-refractivity contribution < 1.29 is 29.3 Å². The zero-order chi connectivity index (χ0) is 21.2. The Morgan fingerprint density at radius 1 is 0.931 bits per heavy atom. The van der Waals surface area contributed by atoms with Crippen LogP contribution in [0.25, 0.3) is 0 Å². The largest absolute Gasteiger partial charge is 0.462 e. The number of rotatable bonds is 2. The maximum absolute atomic E-state index is 11.7. The second-order valence-electron chi connectivity index (χ2n) is 10.7. The summed E-state index contributed by atoms with van der Waals surface area (Å²) in [6, 6.07) is 0. The minimum absolute atomic E-state index is 0.0450. The van der Waals surface area contributed by atoms with Crippen LogP contribution in [0.2, 0.25) is 0 Å². The fourth-order valence-corrected chi connectivity index (χ4v) is 7.92. The normalized spacial score (nSPS) is 51.4. The van der Waals surface area contributed by atoms with E-state index in [-0.39, 0.29) is 29.6 Å². The Morgan fingerprint density at radius 3 is 2.28 bits per heavy atom. The molecule has 4 rings (SSSR count). The van der Waals surface area contributed by atoms with E-state index in [1.54, 1.807) is 0 Å². The Balaban J connectivity index is 1.60. The first-order chi connectivity index (χ1) is 13.5. The van der Waals surface area contributed by atoms with Crippen molar-refractivity contribution in [3.63, 3.8) is 0 Å². The lowest BCUT2D eigenvalue weighted by atomic mass is 9.43. The van der Waals surface area contributed by atoms with Gasteiger partial charge in [-0.05, 0) is 62.7 Å². The van der Waals surface area contributed by atoms with Crippen molar-refractivity contribution in [1.29, 1.82) is 0 Å². The summed E-state index contributed by atoms with van der Waals surface area (Å²) in [5, 5.41) is 22.9. The predicted molar refractivity (Wildman–Crippen MR) is 106 cm³/mol. The van der Waals surface area contributed by atoms with Gasteiger partial charge < -0.3 is 19.7 Å². The third-order valence-electron chi connectivity index (χ3n) is 9.37. The number of hydrogen-bond acceptors (Lipinski definition) is 6. The first-order valence-corrected chi connectivity index (χ1v) is 11.3. The van der Waals surface area contributed by atoms with Crippen molar-refractivity contribution in [1.82, 2.24) is 0 Å². The molecule has 2 N–H and O–H groups in total. The van der Waals surface area contributed by atoms with Crippen molar-refractivity contribution in [2.24, 2.45) is 28.6 Å². The summed E-state index contributed by atoms with van der Waals surface area (Å²) in [6.45, 7) is 7.27. The summed E-state index contributed by atoms with van der Waals surface area (Å²) >= 11 is 0. The number of esters is 2. The highest BCUT2D eigenvalue weighted by molar-refractivity contribution is 5.66. The van der Waals surface area contributed by atoms with Gasteiger partial charge in [-0.3, -0.25) is 9.59 Å². The summed E-state index contributed by atoms with van der Waals surface area (Å²) < 4.78 is 11.1. The molecule has 0 heterocycles. The number of hydrogen-bond donors (Lipinski definition) is 2. The molecule has 0 aromatic carbocycles. The van der Waals surface area contributed by atoms with Crippen LogP contribution in [0.4, 0.5) is 0 Å². The molecule has 4 aliphatic carbocycles. The molecule has 9 atom stereocenters. The van der Waals surface area contributed by atoms with E-state index in [0.29, 0.717) is 30.6 Å². The third-order valence-corrected chi connectivity index (χ3v) is 9.37. The van der Waals surface area contributed by atoms with E-state index in [1.807, 2.05) is 0 Å². The summed E-state index contributed by atoms with van der Waals surface area (Å²) in [5.41, 5.74) is -1.67. The molecule has 29 heavy (non-hydrogen) atoms. The summed E-state index contributed by atoms with van der Waals surface area (Å²) in [5.74, 6) is 0.491. The van der Waals surface area contributed by atoms with E-state index in [0.717, 1.165) is 38.5 Å². The Bertz CT molecular complexity index is 693. The van der Waals surface area contributed by atoms with Crippen LogP contribution in [0.15, 0.2) is 0 Å². The molecule has 164 valence electrons. The van der Waals surface area contributed by atoms with Crippen LogP contribution in [0.3, 0.4) is 0 Å². The van der Waals surface area contributed by atoms with Crippen LogP contribution >= 0.6 is 0 Å². The van der Waals surface area contributed by atoms with Crippen molar-refractivity contribution >= 4 is 11.9 Å². The lowest BCUT2D eigenvalue weighted by molar-refractivity contribution is -0.267. The van der Waals surface area contributed by atoms with E-state index in [1.165, 1.54) is 13.8 Å². The Hall–Kier alpha value is -1.14. The summed E-state index contributed by atoms with van der Waals surface area (Å²) in [7, 11) is 0. The lowest BCUT2D eigenvalue weighted by Crippen LogP contribution is -2.68. The van der Waals surface area contributed by atoms with Crippen molar-refractivity contribution in [2.75, 3.05) is 0 Å². The molecule has 6 heteroatoms. The van der Waals surface area contributed by atoms with Crippen LogP contribution < -0.4 is 0 Å². The van der Waals surface area contributed by atoms with E-state index < -0.39 is 17.1 Å². The van der Waals surface area contributed by atoms with Gasteiger partial charge in [0.2, 0.25) is 0 Å². The van der Waals surface area contributed by atoms with E-state index in [9.17, 15) is 19.8 Å². The fraction of sp³-hybridized carbons (Fsp3) is 0.913. The molecule has 4 saturated carbocycles. The zero-order valence-electron chi connectivity index (χ0n) is 18.1. The second-order valence-corrected chi connectivity index (χ2v) is 10.7. The predicted octanol–water partition coefficient (Wildman–Crippen LogP) is 2.98. The molecule has 0 radical (unpaired) electrons. The van der Waals surface area contributed by atoms with Crippen molar-refractivity contribution in [2.45, 2.75) is 103 Å². The van der Waals surface area contributed by atoms with Gasteiger partial charge in [-0.2, -0.15) is 0 Å². The number of carbonyl (C=O) groups is 2. The number of aliphatic hydroxyl groups is 2. The minimum atomic E-state index is -1.23. The molecule has 4 aliphatic rings. The van der Waals surface area contributed by atoms with Crippen molar-refractivity contribution in [3.05, 3.63) is 0 Å². The Labute approximate surface area is 173 Å². The maximum atomic E-state index is 11.7. The van der Waals surface area contributed by atoms with Gasteiger partial charge in [-0.15, -0.1) is 0 Å². The molecule has 6 nitrogen and oxygen atoms in total. The first kappa shape index (κ1) is 21.1. The molecule has 0 aromatic rings. The molecule has 4 fully saturated rings. The van der Waals surface area contributed by atoms with Gasteiger partial charge >= 0.3 is 11.9 Å².